The highest BCUT2D eigenvalue weighted by Crippen LogP contribution is 2.58. The molecule has 0 aromatic heterocycles. The van der Waals surface area contributed by atoms with Gasteiger partial charge in [-0.2, -0.15) is 0 Å². The summed E-state index contributed by atoms with van der Waals surface area (Å²) in [5, 5.41) is 0. The van der Waals surface area contributed by atoms with E-state index in [0.29, 0.717) is 6.04 Å². The van der Waals surface area contributed by atoms with E-state index in [1.54, 1.807) is 0 Å². The zero-order valence-electron chi connectivity index (χ0n) is 9.78. The van der Waals surface area contributed by atoms with Gasteiger partial charge in [0.25, 0.3) is 0 Å². The van der Waals surface area contributed by atoms with E-state index in [1.165, 1.54) is 32.1 Å². The molecule has 0 aromatic rings. The van der Waals surface area contributed by atoms with Gasteiger partial charge in [-0.25, -0.2) is 0 Å². The fourth-order valence-electron chi connectivity index (χ4n) is 5.04. The van der Waals surface area contributed by atoms with Crippen molar-refractivity contribution in [1.82, 2.24) is 0 Å². The average Bonchev–Trinajstić information content (AvgIpc) is 2.09. The first-order valence-electron chi connectivity index (χ1n) is 6.61. The summed E-state index contributed by atoms with van der Waals surface area (Å²) >= 11 is 0. The lowest BCUT2D eigenvalue weighted by atomic mass is 9.48. The Labute approximate surface area is 92.8 Å². The van der Waals surface area contributed by atoms with Crippen LogP contribution in [0.4, 0.5) is 0 Å². The summed E-state index contributed by atoms with van der Waals surface area (Å²) in [5.74, 6) is 3.55. The molecular formula is C13H24N2. The lowest BCUT2D eigenvalue weighted by molar-refractivity contribution is -0.0600. The SMILES string of the molecule is CC(N)CC1C2CC3CC(C2)CC1(N)C3. The maximum absolute atomic E-state index is 6.66. The Hall–Kier alpha value is -0.0800. The van der Waals surface area contributed by atoms with Crippen LogP contribution in [-0.4, -0.2) is 11.6 Å². The van der Waals surface area contributed by atoms with Gasteiger partial charge in [0.1, 0.15) is 0 Å². The standard InChI is InChI=1S/C13H24N2/c1-8(14)2-12-11-4-9-3-10(5-11)7-13(12,15)6-9/h8-12H,2-7,14-15H2,1H3. The molecule has 4 rings (SSSR count). The summed E-state index contributed by atoms with van der Waals surface area (Å²) in [6.07, 6.45) is 8.11. The normalized spacial score (nSPS) is 54.6. The molecule has 2 nitrogen and oxygen atoms in total. The van der Waals surface area contributed by atoms with Crippen LogP contribution in [0.5, 0.6) is 0 Å². The first kappa shape index (κ1) is 10.1. The van der Waals surface area contributed by atoms with Crippen molar-refractivity contribution in [3.05, 3.63) is 0 Å². The molecule has 4 bridgehead atoms. The van der Waals surface area contributed by atoms with Crippen LogP contribution in [0.25, 0.3) is 0 Å². The van der Waals surface area contributed by atoms with Gasteiger partial charge in [-0.1, -0.05) is 0 Å². The van der Waals surface area contributed by atoms with Crippen molar-refractivity contribution in [2.24, 2.45) is 35.1 Å². The minimum Gasteiger partial charge on any atom is -0.328 e. The van der Waals surface area contributed by atoms with E-state index in [4.69, 9.17) is 11.5 Å². The maximum Gasteiger partial charge on any atom is 0.0191 e. The quantitative estimate of drug-likeness (QED) is 0.728. The third kappa shape index (κ3) is 1.53. The Morgan fingerprint density at radius 2 is 1.80 bits per heavy atom. The molecule has 4 N–H and O–H groups in total. The molecule has 86 valence electrons. The minimum atomic E-state index is 0.169. The molecule has 0 aromatic carbocycles. The van der Waals surface area contributed by atoms with Crippen molar-refractivity contribution in [1.29, 1.82) is 0 Å². The monoisotopic (exact) mass is 208 g/mol. The fraction of sp³-hybridized carbons (Fsp3) is 1.00. The van der Waals surface area contributed by atoms with Gasteiger partial charge in [-0.15, -0.1) is 0 Å². The molecule has 4 aliphatic rings. The lowest BCUT2D eigenvalue weighted by Crippen LogP contribution is -2.62. The van der Waals surface area contributed by atoms with Gasteiger partial charge < -0.3 is 11.5 Å². The molecule has 4 fully saturated rings. The van der Waals surface area contributed by atoms with Gasteiger partial charge >= 0.3 is 0 Å². The summed E-state index contributed by atoms with van der Waals surface area (Å²) in [6, 6.07) is 0.327. The van der Waals surface area contributed by atoms with Crippen LogP contribution in [0.2, 0.25) is 0 Å². The number of rotatable bonds is 2. The van der Waals surface area contributed by atoms with Crippen molar-refractivity contribution in [3.63, 3.8) is 0 Å². The second kappa shape index (κ2) is 3.21. The molecule has 4 aliphatic carbocycles. The van der Waals surface area contributed by atoms with Gasteiger partial charge in [0.05, 0.1) is 0 Å². The molecule has 0 spiro atoms. The molecule has 15 heavy (non-hydrogen) atoms. The maximum atomic E-state index is 6.66. The minimum absolute atomic E-state index is 0.169. The highest BCUT2D eigenvalue weighted by atomic mass is 14.8. The van der Waals surface area contributed by atoms with E-state index in [1.807, 2.05) is 0 Å². The van der Waals surface area contributed by atoms with Gasteiger partial charge in [0, 0.05) is 11.6 Å². The molecule has 0 saturated heterocycles. The molecule has 0 heterocycles. The van der Waals surface area contributed by atoms with Crippen LogP contribution in [-0.2, 0) is 0 Å². The molecule has 4 saturated carbocycles. The molecule has 0 amide bonds. The summed E-state index contributed by atoms with van der Waals surface area (Å²) in [6.45, 7) is 2.13. The molecule has 4 atom stereocenters. The van der Waals surface area contributed by atoms with Crippen LogP contribution in [0.1, 0.15) is 45.4 Å². The third-order valence-electron chi connectivity index (χ3n) is 5.21. The molecule has 4 unspecified atom stereocenters. The Morgan fingerprint density at radius 1 is 1.20 bits per heavy atom. The third-order valence-corrected chi connectivity index (χ3v) is 5.21. The van der Waals surface area contributed by atoms with Gasteiger partial charge in [0.2, 0.25) is 0 Å². The van der Waals surface area contributed by atoms with Crippen LogP contribution >= 0.6 is 0 Å². The van der Waals surface area contributed by atoms with Crippen molar-refractivity contribution in [2.75, 3.05) is 0 Å². The highest BCUT2D eigenvalue weighted by Gasteiger charge is 2.54. The Balaban J connectivity index is 1.83. The zero-order chi connectivity index (χ0) is 10.6. The largest absolute Gasteiger partial charge is 0.328 e. The van der Waals surface area contributed by atoms with E-state index < -0.39 is 0 Å². The van der Waals surface area contributed by atoms with Gasteiger partial charge in [-0.05, 0) is 69.1 Å². The van der Waals surface area contributed by atoms with E-state index in [2.05, 4.69) is 6.92 Å². The van der Waals surface area contributed by atoms with E-state index in [0.717, 1.165) is 30.1 Å². The number of hydrogen-bond donors (Lipinski definition) is 2. The van der Waals surface area contributed by atoms with Crippen LogP contribution in [0.3, 0.4) is 0 Å². The fourth-order valence-corrected chi connectivity index (χ4v) is 5.04. The zero-order valence-corrected chi connectivity index (χ0v) is 9.78. The van der Waals surface area contributed by atoms with Crippen molar-refractivity contribution >= 4 is 0 Å². The average molecular weight is 208 g/mol. The summed E-state index contributed by atoms with van der Waals surface area (Å²) in [4.78, 5) is 0. The first-order chi connectivity index (χ1) is 7.07. The van der Waals surface area contributed by atoms with E-state index >= 15 is 0 Å². The van der Waals surface area contributed by atoms with E-state index in [-0.39, 0.29) is 5.54 Å². The predicted molar refractivity (Wildman–Crippen MR) is 62.2 cm³/mol. The topological polar surface area (TPSA) is 52.0 Å². The number of hydrogen-bond acceptors (Lipinski definition) is 2. The second-order valence-corrected chi connectivity index (χ2v) is 6.66. The first-order valence-corrected chi connectivity index (χ1v) is 6.61. The van der Waals surface area contributed by atoms with Gasteiger partial charge in [0.15, 0.2) is 0 Å². The van der Waals surface area contributed by atoms with Crippen molar-refractivity contribution in [2.45, 2.75) is 57.0 Å². The van der Waals surface area contributed by atoms with E-state index in [9.17, 15) is 0 Å². The predicted octanol–water partition coefficient (Wildman–Crippen LogP) is 1.88. The van der Waals surface area contributed by atoms with Crippen LogP contribution < -0.4 is 11.5 Å². The molecular weight excluding hydrogens is 184 g/mol. The summed E-state index contributed by atoms with van der Waals surface area (Å²) in [7, 11) is 0. The van der Waals surface area contributed by atoms with Crippen LogP contribution in [0.15, 0.2) is 0 Å². The number of nitrogens with two attached hydrogens (primary N) is 2. The van der Waals surface area contributed by atoms with Crippen molar-refractivity contribution < 1.29 is 0 Å². The van der Waals surface area contributed by atoms with Gasteiger partial charge in [-0.3, -0.25) is 0 Å². The second-order valence-electron chi connectivity index (χ2n) is 6.66. The summed E-state index contributed by atoms with van der Waals surface area (Å²) < 4.78 is 0. The van der Waals surface area contributed by atoms with Crippen LogP contribution in [0, 0.1) is 23.7 Å². The van der Waals surface area contributed by atoms with Crippen molar-refractivity contribution in [3.8, 4) is 0 Å². The Kier molecular flexibility index (Phi) is 2.16. The highest BCUT2D eigenvalue weighted by molar-refractivity contribution is 5.09. The molecule has 0 radical (unpaired) electrons. The summed E-state index contributed by atoms with van der Waals surface area (Å²) in [5.41, 5.74) is 12.8. The lowest BCUT2D eigenvalue weighted by Gasteiger charge is -2.60. The Morgan fingerprint density at radius 3 is 2.27 bits per heavy atom. The molecule has 2 heteroatoms. The smallest absolute Gasteiger partial charge is 0.0191 e. The Bertz CT molecular complexity index is 247. The molecule has 0 aliphatic heterocycles.